The van der Waals surface area contributed by atoms with Gasteiger partial charge in [0, 0.05) is 34.5 Å². The number of nitrogens with one attached hydrogen (secondary N) is 1. The topological polar surface area (TPSA) is 97.2 Å². The van der Waals surface area contributed by atoms with Gasteiger partial charge in [-0.3, -0.25) is 14.5 Å². The lowest BCUT2D eigenvalue weighted by Crippen LogP contribution is -2.23. The van der Waals surface area contributed by atoms with Gasteiger partial charge in [0.15, 0.2) is 0 Å². The zero-order valence-corrected chi connectivity index (χ0v) is 42.2. The first-order valence-corrected chi connectivity index (χ1v) is 26.9. The van der Waals surface area contributed by atoms with Gasteiger partial charge in [-0.25, -0.2) is 18.4 Å². The van der Waals surface area contributed by atoms with Crippen LogP contribution in [0.15, 0.2) is 217 Å². The van der Waals surface area contributed by atoms with Crippen molar-refractivity contribution in [3.8, 4) is 61.1 Å². The van der Waals surface area contributed by atoms with E-state index < -0.39 is 8.40 Å². The number of aromatic nitrogens is 4. The van der Waals surface area contributed by atoms with Crippen molar-refractivity contribution >= 4 is 48.4 Å². The van der Waals surface area contributed by atoms with Crippen LogP contribution in [0.3, 0.4) is 0 Å². The van der Waals surface area contributed by atoms with Crippen molar-refractivity contribution in [2.75, 3.05) is 10.2 Å². The minimum Gasteiger partial charge on any atom is -0.397 e. The van der Waals surface area contributed by atoms with E-state index in [0.717, 1.165) is 95.8 Å². The van der Waals surface area contributed by atoms with Crippen LogP contribution in [0, 0.1) is 13.8 Å². The normalized spacial score (nSPS) is 15.2. The summed E-state index contributed by atoms with van der Waals surface area (Å²) in [6.07, 6.45) is 11.8. The number of aryl methyl sites for hydroxylation is 2. The predicted molar refractivity (Wildman–Crippen MR) is 305 cm³/mol. The van der Waals surface area contributed by atoms with Gasteiger partial charge in [0.25, 0.3) is 0 Å². The lowest BCUT2D eigenvalue weighted by molar-refractivity contribution is 0.828. The highest BCUT2D eigenvalue weighted by atomic mass is 28.2. The van der Waals surface area contributed by atoms with Crippen molar-refractivity contribution in [2.24, 2.45) is 17.3 Å². The lowest BCUT2D eigenvalue weighted by atomic mass is 9.88. The van der Waals surface area contributed by atoms with Crippen LogP contribution < -0.4 is 16.0 Å². The molecule has 4 aromatic heterocycles. The number of nitrogens with two attached hydrogens (primary N) is 1. The van der Waals surface area contributed by atoms with Gasteiger partial charge in [0.05, 0.1) is 39.5 Å². The third-order valence-corrected chi connectivity index (χ3v) is 16.7. The Bertz CT molecular complexity index is 3850. The average molecular weight is 962 g/mol. The van der Waals surface area contributed by atoms with Crippen LogP contribution in [0.5, 0.6) is 0 Å². The molecular formula is C64H53N8Si-. The number of para-hydroxylation sites is 4. The van der Waals surface area contributed by atoms with E-state index in [2.05, 4.69) is 211 Å². The Hall–Kier alpha value is -8.92. The fraction of sp³-hybridized carbons (Fsp3) is 0.0938. The molecule has 2 atom stereocenters. The lowest BCUT2D eigenvalue weighted by Gasteiger charge is -2.28. The van der Waals surface area contributed by atoms with Crippen molar-refractivity contribution in [2.45, 2.75) is 33.0 Å². The summed E-state index contributed by atoms with van der Waals surface area (Å²) >= 11 is 0. The fourth-order valence-electron chi connectivity index (χ4n) is 10.8. The third kappa shape index (κ3) is 8.13. The molecule has 0 fully saturated rings. The number of fused-ring (bicyclic) bond motifs is 2. The molecule has 2 unspecified atom stereocenters. The number of anilines is 3. The quantitative estimate of drug-likeness (QED) is 0.0990. The minimum atomic E-state index is -1.62. The number of nitrogens with zero attached hydrogens (tertiary/aromatic N) is 6. The number of rotatable bonds is 11. The number of pyridine rings is 2. The third-order valence-electron chi connectivity index (χ3n) is 14.1. The summed E-state index contributed by atoms with van der Waals surface area (Å²) < 4.78 is 2.29. The van der Waals surface area contributed by atoms with Gasteiger partial charge in [-0.05, 0) is 145 Å². The maximum absolute atomic E-state index is 6.77. The van der Waals surface area contributed by atoms with E-state index in [4.69, 9.17) is 25.7 Å². The molecule has 0 saturated carbocycles. The zero-order valence-electron chi connectivity index (χ0n) is 41.2. The number of imidazole rings is 1. The first-order chi connectivity index (χ1) is 35.8. The van der Waals surface area contributed by atoms with E-state index in [1.807, 2.05) is 49.6 Å². The van der Waals surface area contributed by atoms with Crippen molar-refractivity contribution in [3.63, 3.8) is 0 Å². The maximum atomic E-state index is 6.77. The Kier molecular flexibility index (Phi) is 11.8. The van der Waals surface area contributed by atoms with Gasteiger partial charge in [-0.2, -0.15) is 16.9 Å². The van der Waals surface area contributed by atoms with Gasteiger partial charge >= 0.3 is 0 Å². The first-order valence-electron chi connectivity index (χ1n) is 24.9. The van der Waals surface area contributed by atoms with Gasteiger partial charge in [0.2, 0.25) is 0 Å². The Morgan fingerprint density at radius 1 is 0.658 bits per heavy atom. The van der Waals surface area contributed by atoms with Crippen molar-refractivity contribution in [1.82, 2.24) is 19.5 Å². The highest BCUT2D eigenvalue weighted by Gasteiger charge is 2.32. The Labute approximate surface area is 427 Å². The molecule has 0 spiro atoms. The van der Waals surface area contributed by atoms with Crippen LogP contribution in [0.4, 0.5) is 17.1 Å². The van der Waals surface area contributed by atoms with Crippen LogP contribution in [-0.2, 0) is 6.55 Å². The van der Waals surface area contributed by atoms with Crippen LogP contribution in [-0.4, -0.2) is 34.1 Å². The second-order valence-corrected chi connectivity index (χ2v) is 21.0. The van der Waals surface area contributed by atoms with Crippen LogP contribution in [0.1, 0.15) is 47.2 Å². The van der Waals surface area contributed by atoms with Gasteiger partial charge < -0.3 is 16.0 Å². The van der Waals surface area contributed by atoms with Crippen molar-refractivity contribution < 1.29 is 0 Å². The Balaban J connectivity index is 1.12. The second kappa shape index (κ2) is 19.0. The predicted octanol–water partition coefficient (Wildman–Crippen LogP) is 14.9. The monoisotopic (exact) mass is 961 g/mol. The molecule has 0 aliphatic carbocycles. The zero-order chi connectivity index (χ0) is 49.6. The standard InChI is InChI=1S/C64H53N8Si/c1-5-6-24-49(65)50-27-17-29-55(67-50)61-59(47-36-34-45(39-41(47)2)71-57-32-15-13-25-53(57)69-63(71)43-20-9-7-10-21-43)60(62(73(61)4)56-30-18-28-52(68-56)51-31-19-38-66-51)48-37-35-46(40-42(48)3)72-58-33-16-14-26-54(58)70-64(72)44-22-11-8-12-23-44/h5-40,51,64,70H,65H2,1-4H3/q-1/b6-5-,49-24-. The number of aliphatic imine (C=N–C) groups is 1. The molecule has 2 aliphatic rings. The molecule has 12 rings (SSSR count). The smallest absolute Gasteiger partial charge is 0.145 e. The summed E-state index contributed by atoms with van der Waals surface area (Å²) in [6, 6.07) is 64.5. The average Bonchev–Trinajstić information content (AvgIpc) is 4.25. The molecule has 354 valence electrons. The number of hydrogen-bond acceptors (Lipinski definition) is 7. The van der Waals surface area contributed by atoms with Crippen molar-refractivity contribution in [1.29, 1.82) is 0 Å². The molecular weight excluding hydrogens is 909 g/mol. The minimum absolute atomic E-state index is 0.0827. The molecule has 8 nitrogen and oxygen atoms in total. The first kappa shape index (κ1) is 45.2. The van der Waals surface area contributed by atoms with Crippen LogP contribution in [0.25, 0.3) is 77.8 Å². The van der Waals surface area contributed by atoms with Crippen LogP contribution in [0.2, 0.25) is 0 Å². The Morgan fingerprint density at radius 2 is 1.32 bits per heavy atom. The number of benzene rings is 6. The maximum Gasteiger partial charge on any atom is 0.145 e. The van der Waals surface area contributed by atoms with Crippen molar-refractivity contribution in [3.05, 3.63) is 240 Å². The summed E-state index contributed by atoms with van der Waals surface area (Å²) in [5, 5.41) is 6.27. The molecule has 0 saturated heterocycles. The number of hydrogen-bond donors (Lipinski definition) is 2. The summed E-state index contributed by atoms with van der Waals surface area (Å²) in [5.41, 5.74) is 26.4. The fourth-order valence-corrected chi connectivity index (χ4v) is 13.3. The molecule has 0 radical (unpaired) electrons. The Morgan fingerprint density at radius 3 is 2.04 bits per heavy atom. The van der Waals surface area contributed by atoms with Gasteiger partial charge in [-0.1, -0.05) is 127 Å². The molecule has 10 aromatic rings. The molecule has 0 bridgehead atoms. The molecule has 2 aliphatic heterocycles. The molecule has 6 heterocycles. The number of allylic oxidation sites excluding steroid dienone is 4. The molecule has 0 amide bonds. The van der Waals surface area contributed by atoms with E-state index in [1.54, 1.807) is 0 Å². The summed E-state index contributed by atoms with van der Waals surface area (Å²) in [4.78, 5) is 23.3. The highest BCUT2D eigenvalue weighted by molar-refractivity contribution is 6.69. The summed E-state index contributed by atoms with van der Waals surface area (Å²) in [7, 11) is -1.62. The molecule has 3 N–H and O–H groups in total. The van der Waals surface area contributed by atoms with E-state index in [0.29, 0.717) is 5.70 Å². The molecule has 9 heteroatoms. The van der Waals surface area contributed by atoms with Gasteiger partial charge in [-0.15, -0.1) is 0 Å². The van der Waals surface area contributed by atoms with Gasteiger partial charge in [0.1, 0.15) is 18.0 Å². The van der Waals surface area contributed by atoms with E-state index in [-0.39, 0.29) is 12.2 Å². The summed E-state index contributed by atoms with van der Waals surface area (Å²) in [6.45, 7) is 8.90. The molecule has 73 heavy (non-hydrogen) atoms. The SMILES string of the molecule is C/C=C\C=C(/N)c1cccc(-c2c(-c3ccc(-n4c(-c5ccccc5)nc5ccccc54)cc3C)c(-c3ccc(N4c5ccccc5NC4c4ccccc4)cc3C)c(-c3cccc(C4C=CC=N4)n3)[si-]2C)n1. The van der Waals surface area contributed by atoms with E-state index in [1.165, 1.54) is 21.5 Å². The highest BCUT2D eigenvalue weighted by Crippen LogP contribution is 2.51. The largest absolute Gasteiger partial charge is 0.397 e. The molecule has 6 aromatic carbocycles. The summed E-state index contributed by atoms with van der Waals surface area (Å²) in [5.74, 6) is 0.898. The second-order valence-electron chi connectivity index (χ2n) is 18.7. The van der Waals surface area contributed by atoms with Crippen LogP contribution >= 0.6 is 0 Å². The van der Waals surface area contributed by atoms with E-state index >= 15 is 0 Å². The van der Waals surface area contributed by atoms with E-state index in [9.17, 15) is 0 Å².